The zero-order chi connectivity index (χ0) is 40.4. The van der Waals surface area contributed by atoms with Gasteiger partial charge in [-0.1, -0.05) is 234 Å². The molecule has 0 spiro atoms. The van der Waals surface area contributed by atoms with Crippen molar-refractivity contribution in [1.82, 2.24) is 0 Å². The molecule has 2 atom stereocenters. The molecule has 2 nitrogen and oxygen atoms in total. The summed E-state index contributed by atoms with van der Waals surface area (Å²) < 4.78 is 0. The third-order valence-electron chi connectivity index (χ3n) is 12.2. The first-order chi connectivity index (χ1) is 27.3. The second-order valence-electron chi connectivity index (χ2n) is 17.7. The topological polar surface area (TPSA) is 40.5 Å². The van der Waals surface area contributed by atoms with Crippen LogP contribution in [0.1, 0.15) is 207 Å². The highest BCUT2D eigenvalue weighted by atomic mass is 28.4. The molecule has 0 aromatic heterocycles. The average Bonchev–Trinajstić information content (AvgIpc) is 3.21. The van der Waals surface area contributed by atoms with Gasteiger partial charge in [0.1, 0.15) is 0 Å². The molecule has 0 aliphatic rings. The summed E-state index contributed by atoms with van der Waals surface area (Å²) in [5.41, 5.74) is 0. The van der Waals surface area contributed by atoms with Crippen molar-refractivity contribution in [2.24, 2.45) is 5.92 Å². The van der Waals surface area contributed by atoms with E-state index in [1.807, 2.05) is 0 Å². The van der Waals surface area contributed by atoms with Crippen LogP contribution in [-0.4, -0.2) is 24.3 Å². The second kappa shape index (κ2) is 32.7. The smallest absolute Gasteiger partial charge is 0.258 e. The molecular weight excluding hydrogens is 697 g/mol. The van der Waals surface area contributed by atoms with Crippen LogP contribution in [0.5, 0.6) is 0 Å². The Morgan fingerprint density at radius 3 is 1.39 bits per heavy atom. The van der Waals surface area contributed by atoms with Crippen LogP contribution in [0.25, 0.3) is 0 Å². The molecule has 0 aliphatic heterocycles. The largest absolute Gasteiger partial charge is 0.424 e. The summed E-state index contributed by atoms with van der Waals surface area (Å²) in [6.07, 6.45) is 48.8. The number of benzene rings is 2. The highest BCUT2D eigenvalue weighted by Crippen LogP contribution is 2.43. The molecule has 2 aromatic carbocycles. The van der Waals surface area contributed by atoms with Crippen LogP contribution in [0.2, 0.25) is 5.04 Å². The summed E-state index contributed by atoms with van der Waals surface area (Å²) in [6.45, 7) is 9.22. The molecule has 0 aliphatic carbocycles. The van der Waals surface area contributed by atoms with E-state index >= 15 is 0 Å². The molecule has 0 fully saturated rings. The first kappa shape index (κ1) is 49.9. The first-order valence-electron chi connectivity index (χ1n) is 23.8. The molecule has 2 aromatic rings. The minimum atomic E-state index is -2.99. The molecule has 3 heteroatoms. The van der Waals surface area contributed by atoms with E-state index in [2.05, 4.69) is 125 Å². The van der Waals surface area contributed by atoms with Crippen LogP contribution in [0.3, 0.4) is 0 Å². The van der Waals surface area contributed by atoms with E-state index in [1.54, 1.807) is 0 Å². The van der Waals surface area contributed by atoms with E-state index in [1.165, 1.54) is 148 Å². The van der Waals surface area contributed by atoms with E-state index in [9.17, 15) is 9.90 Å². The minimum absolute atomic E-state index is 0.0974. The predicted octanol–water partition coefficient (Wildman–Crippen LogP) is 15.1. The Hall–Kier alpha value is -2.20. The second-order valence-corrected chi connectivity index (χ2v) is 21.6. The van der Waals surface area contributed by atoms with Crippen molar-refractivity contribution in [3.8, 4) is 0 Å². The lowest BCUT2D eigenvalue weighted by Gasteiger charge is -2.43. The van der Waals surface area contributed by atoms with Crippen LogP contribution >= 0.6 is 0 Å². The quantitative estimate of drug-likeness (QED) is 0.0410. The Morgan fingerprint density at radius 1 is 0.500 bits per heavy atom. The fourth-order valence-electron chi connectivity index (χ4n) is 8.61. The standard InChI is InChI=1S/C53H88O2Si/c1-5-7-9-11-12-13-14-15-16-17-18-19-22-25-28-34-42-50(54)43-35-29-26-23-20-21-24-27-33-41-49(40-32-10-8-6-2)48-53(3,4)56(55,51-44-36-30-37-45-51)52-46-38-31-39-47-52/h12-13,15-16,27,30-31,33,36-39,44-47,49-50,54-55H,5-11,14,17-26,28-29,32,34-35,40-43,48H2,1-4H3/b13-12-,16-15-,33-27-/t49-,50?/m1/s1. The van der Waals surface area contributed by atoms with Crippen molar-refractivity contribution in [2.45, 2.75) is 219 Å². The van der Waals surface area contributed by atoms with E-state index in [0.29, 0.717) is 5.92 Å². The van der Waals surface area contributed by atoms with Gasteiger partial charge in [-0.15, -0.1) is 0 Å². The lowest BCUT2D eigenvalue weighted by Crippen LogP contribution is -2.65. The van der Waals surface area contributed by atoms with E-state index < -0.39 is 8.32 Å². The fourth-order valence-corrected chi connectivity index (χ4v) is 12.4. The minimum Gasteiger partial charge on any atom is -0.424 e. The maximum atomic E-state index is 12.7. The van der Waals surface area contributed by atoms with Crippen molar-refractivity contribution < 1.29 is 9.90 Å². The number of rotatable bonds is 36. The van der Waals surface area contributed by atoms with Gasteiger partial charge in [-0.2, -0.15) is 0 Å². The van der Waals surface area contributed by atoms with Crippen molar-refractivity contribution >= 4 is 18.7 Å². The Kier molecular flexibility index (Phi) is 29.2. The van der Waals surface area contributed by atoms with Gasteiger partial charge < -0.3 is 9.90 Å². The first-order valence-corrected chi connectivity index (χ1v) is 25.8. The third-order valence-corrected chi connectivity index (χ3v) is 16.7. The normalized spacial score (nSPS) is 13.8. The van der Waals surface area contributed by atoms with Gasteiger partial charge in [0.05, 0.1) is 6.10 Å². The Labute approximate surface area is 348 Å². The number of aliphatic hydroxyl groups is 1. The van der Waals surface area contributed by atoms with Crippen LogP contribution in [0.4, 0.5) is 0 Å². The van der Waals surface area contributed by atoms with Gasteiger partial charge in [-0.25, -0.2) is 0 Å². The van der Waals surface area contributed by atoms with Crippen LogP contribution < -0.4 is 10.4 Å². The molecule has 56 heavy (non-hydrogen) atoms. The number of unbranched alkanes of at least 4 members (excludes halogenated alkanes) is 18. The van der Waals surface area contributed by atoms with Crippen LogP contribution in [-0.2, 0) is 0 Å². The molecule has 0 saturated heterocycles. The van der Waals surface area contributed by atoms with Gasteiger partial charge in [0.15, 0.2) is 0 Å². The number of allylic oxidation sites excluding steroid dienone is 6. The lowest BCUT2D eigenvalue weighted by atomic mass is 9.88. The van der Waals surface area contributed by atoms with E-state index in [4.69, 9.17) is 0 Å². The summed E-state index contributed by atoms with van der Waals surface area (Å²) in [5.74, 6) is 0.583. The Morgan fingerprint density at radius 2 is 0.893 bits per heavy atom. The van der Waals surface area contributed by atoms with Crippen LogP contribution in [0, 0.1) is 5.92 Å². The molecule has 0 saturated carbocycles. The predicted molar refractivity (Wildman–Crippen MR) is 252 cm³/mol. The molecule has 316 valence electrons. The van der Waals surface area contributed by atoms with Gasteiger partial charge in [0.2, 0.25) is 0 Å². The molecule has 2 N–H and O–H groups in total. The molecule has 2 rings (SSSR count). The van der Waals surface area contributed by atoms with Crippen molar-refractivity contribution in [1.29, 1.82) is 0 Å². The average molecular weight is 785 g/mol. The lowest BCUT2D eigenvalue weighted by molar-refractivity contribution is 0.147. The fraction of sp³-hybridized carbons (Fsp3) is 0.660. The molecule has 0 radical (unpaired) electrons. The number of hydrogen-bond acceptors (Lipinski definition) is 2. The third kappa shape index (κ3) is 22.1. The molecular formula is C53H88O2Si. The summed E-state index contributed by atoms with van der Waals surface area (Å²) >= 11 is 0. The van der Waals surface area contributed by atoms with Crippen molar-refractivity contribution in [2.75, 3.05) is 0 Å². The van der Waals surface area contributed by atoms with E-state index in [-0.39, 0.29) is 11.1 Å². The summed E-state index contributed by atoms with van der Waals surface area (Å²) in [7, 11) is -2.99. The SMILES string of the molecule is CCCCC/C=C\C/C=C\CCCCCCCCC(O)CCCCCCCC/C=C\C[C@@H](CCCCCC)CC(C)(C)[Si](O)(c1ccccc1)c1ccccc1. The summed E-state index contributed by atoms with van der Waals surface area (Å²) in [4.78, 5) is 12.7. The molecule has 0 amide bonds. The zero-order valence-electron chi connectivity index (χ0n) is 37.1. The van der Waals surface area contributed by atoms with Gasteiger partial charge >= 0.3 is 0 Å². The van der Waals surface area contributed by atoms with Crippen LogP contribution in [0.15, 0.2) is 97.1 Å². The van der Waals surface area contributed by atoms with Gasteiger partial charge in [-0.05, 0) is 92.0 Å². The van der Waals surface area contributed by atoms with Crippen molar-refractivity contribution in [3.05, 3.63) is 97.1 Å². The van der Waals surface area contributed by atoms with Gasteiger partial charge in [0.25, 0.3) is 8.32 Å². The molecule has 1 unspecified atom stereocenters. The number of hydrogen-bond donors (Lipinski definition) is 2. The maximum Gasteiger partial charge on any atom is 0.258 e. The Bertz CT molecular complexity index is 1210. The molecule has 0 bridgehead atoms. The summed E-state index contributed by atoms with van der Waals surface area (Å²) in [5, 5.41) is 12.5. The highest BCUT2D eigenvalue weighted by Gasteiger charge is 2.50. The highest BCUT2D eigenvalue weighted by molar-refractivity contribution is 6.98. The Balaban J connectivity index is 1.58. The van der Waals surface area contributed by atoms with Gasteiger partial charge in [-0.3, -0.25) is 0 Å². The van der Waals surface area contributed by atoms with Crippen molar-refractivity contribution in [3.63, 3.8) is 0 Å². The van der Waals surface area contributed by atoms with E-state index in [0.717, 1.165) is 42.5 Å². The number of aliphatic hydroxyl groups excluding tert-OH is 1. The maximum absolute atomic E-state index is 12.7. The monoisotopic (exact) mass is 785 g/mol. The zero-order valence-corrected chi connectivity index (χ0v) is 38.1. The van der Waals surface area contributed by atoms with Gasteiger partial charge in [0, 0.05) is 0 Å². The summed E-state index contributed by atoms with van der Waals surface area (Å²) in [6, 6.07) is 21.1. The molecule has 0 heterocycles.